The van der Waals surface area contributed by atoms with Gasteiger partial charge in [-0.25, -0.2) is 0 Å². The molecule has 0 unspecified atom stereocenters. The molecule has 0 radical (unpaired) electrons. The van der Waals surface area contributed by atoms with Crippen molar-refractivity contribution >= 4 is 34.5 Å². The predicted octanol–water partition coefficient (Wildman–Crippen LogP) is 3.73. The monoisotopic (exact) mass is 417 g/mol. The molecule has 0 atom stereocenters. The molecule has 5 aromatic rings. The van der Waals surface area contributed by atoms with Gasteiger partial charge in [0, 0.05) is 0 Å². The number of hydrogen-bond donors (Lipinski definition) is 1. The van der Waals surface area contributed by atoms with Crippen molar-refractivity contribution in [3.05, 3.63) is 84.3 Å². The summed E-state index contributed by atoms with van der Waals surface area (Å²) in [6.07, 6.45) is 1.59. The Morgan fingerprint density at radius 3 is 2.57 bits per heavy atom. The fourth-order valence-electron chi connectivity index (χ4n) is 3.43. The van der Waals surface area contributed by atoms with Gasteiger partial charge in [-0.3, -0.25) is 9.20 Å². The summed E-state index contributed by atoms with van der Waals surface area (Å²) in [6, 6.07) is 22.0. The van der Waals surface area contributed by atoms with Crippen LogP contribution in [0.4, 0.5) is 0 Å². The molecule has 3 aromatic heterocycles. The number of carbonyl (C=O) groups is 1. The Hall–Kier alpha value is -3.52. The van der Waals surface area contributed by atoms with Gasteiger partial charge >= 0.3 is 0 Å². The summed E-state index contributed by atoms with van der Waals surface area (Å²) in [7, 11) is 0. The van der Waals surface area contributed by atoms with E-state index in [4.69, 9.17) is 4.42 Å². The van der Waals surface area contributed by atoms with Crippen LogP contribution in [0.25, 0.3) is 16.8 Å². The first-order chi connectivity index (χ1) is 14.8. The van der Waals surface area contributed by atoms with E-state index in [9.17, 15) is 4.79 Å². The van der Waals surface area contributed by atoms with Gasteiger partial charge in [0.2, 0.25) is 11.7 Å². The molecule has 5 rings (SSSR count). The van der Waals surface area contributed by atoms with Gasteiger partial charge in [-0.15, -0.1) is 10.2 Å². The molecule has 1 amide bonds. The van der Waals surface area contributed by atoms with E-state index >= 15 is 0 Å². The Kier molecular flexibility index (Phi) is 4.98. The predicted molar refractivity (Wildman–Crippen MR) is 115 cm³/mol. The standard InChI is InChI=1S/C22H19N5O2S/c28-20(23-13-17-9-6-12-29-17)15-30-22-25-24-21-26(14-16-7-2-1-3-8-16)18-10-4-5-11-19(18)27(21)22/h1-12H,13-15H2,(H,23,28). The molecule has 0 spiro atoms. The van der Waals surface area contributed by atoms with E-state index in [1.54, 1.807) is 12.3 Å². The molecule has 0 saturated carbocycles. The Labute approximate surface area is 176 Å². The van der Waals surface area contributed by atoms with Crippen molar-refractivity contribution in [1.29, 1.82) is 0 Å². The molecule has 2 aromatic carbocycles. The second-order valence-corrected chi connectivity index (χ2v) is 7.77. The van der Waals surface area contributed by atoms with Crippen molar-refractivity contribution in [1.82, 2.24) is 24.5 Å². The highest BCUT2D eigenvalue weighted by Gasteiger charge is 2.18. The molecule has 0 aliphatic rings. The smallest absolute Gasteiger partial charge is 0.237 e. The van der Waals surface area contributed by atoms with Gasteiger partial charge in [0.1, 0.15) is 5.76 Å². The molecule has 8 heteroatoms. The van der Waals surface area contributed by atoms with Crippen molar-refractivity contribution < 1.29 is 9.21 Å². The summed E-state index contributed by atoms with van der Waals surface area (Å²) >= 11 is 1.37. The summed E-state index contributed by atoms with van der Waals surface area (Å²) in [5, 5.41) is 12.3. The molecular formula is C22H19N5O2S. The lowest BCUT2D eigenvalue weighted by Crippen LogP contribution is -2.24. The summed E-state index contributed by atoms with van der Waals surface area (Å²) in [5.74, 6) is 1.65. The van der Waals surface area contributed by atoms with Crippen LogP contribution in [-0.2, 0) is 17.9 Å². The molecule has 0 aliphatic carbocycles. The Balaban J connectivity index is 1.40. The number of rotatable bonds is 7. The molecule has 0 fully saturated rings. The fourth-order valence-corrected chi connectivity index (χ4v) is 4.20. The van der Waals surface area contributed by atoms with Gasteiger partial charge in [-0.05, 0) is 29.8 Å². The van der Waals surface area contributed by atoms with Crippen LogP contribution in [0.2, 0.25) is 0 Å². The van der Waals surface area contributed by atoms with Crippen LogP contribution >= 0.6 is 11.8 Å². The van der Waals surface area contributed by atoms with Crippen molar-refractivity contribution in [2.24, 2.45) is 0 Å². The maximum absolute atomic E-state index is 12.2. The summed E-state index contributed by atoms with van der Waals surface area (Å²) in [5.41, 5.74) is 3.29. The summed E-state index contributed by atoms with van der Waals surface area (Å²) in [6.45, 7) is 1.07. The molecule has 3 heterocycles. The topological polar surface area (TPSA) is 77.4 Å². The highest BCUT2D eigenvalue weighted by molar-refractivity contribution is 7.99. The third-order valence-corrected chi connectivity index (χ3v) is 5.76. The number of nitrogens with one attached hydrogen (secondary N) is 1. The number of imidazole rings is 1. The molecule has 150 valence electrons. The number of aromatic nitrogens is 4. The molecular weight excluding hydrogens is 398 g/mol. The van der Waals surface area contributed by atoms with Crippen molar-refractivity contribution in [2.75, 3.05) is 5.75 Å². The zero-order valence-electron chi connectivity index (χ0n) is 16.1. The number of nitrogens with zero attached hydrogens (tertiary/aromatic N) is 4. The average Bonchev–Trinajstić information content (AvgIpc) is 3.50. The lowest BCUT2D eigenvalue weighted by molar-refractivity contribution is -0.118. The van der Waals surface area contributed by atoms with Crippen molar-refractivity contribution in [3.8, 4) is 0 Å². The van der Waals surface area contributed by atoms with Gasteiger partial charge in [-0.1, -0.05) is 54.2 Å². The molecule has 30 heavy (non-hydrogen) atoms. The quantitative estimate of drug-likeness (QED) is 0.408. The molecule has 1 N–H and O–H groups in total. The zero-order chi connectivity index (χ0) is 20.3. The maximum Gasteiger partial charge on any atom is 0.237 e. The molecule has 0 aliphatic heterocycles. The molecule has 0 saturated heterocycles. The molecule has 7 nitrogen and oxygen atoms in total. The minimum Gasteiger partial charge on any atom is -0.467 e. The lowest BCUT2D eigenvalue weighted by Gasteiger charge is -2.04. The summed E-state index contributed by atoms with van der Waals surface area (Å²) in [4.78, 5) is 12.2. The van der Waals surface area contributed by atoms with Crippen LogP contribution < -0.4 is 5.32 Å². The number of para-hydroxylation sites is 2. The van der Waals surface area contributed by atoms with Crippen molar-refractivity contribution in [2.45, 2.75) is 18.2 Å². The van der Waals surface area contributed by atoms with Crippen LogP contribution in [0, 0.1) is 0 Å². The van der Waals surface area contributed by atoms with E-state index < -0.39 is 0 Å². The first-order valence-electron chi connectivity index (χ1n) is 9.58. The normalized spacial score (nSPS) is 11.3. The third-order valence-electron chi connectivity index (χ3n) is 4.83. The first kappa shape index (κ1) is 18.5. The maximum atomic E-state index is 12.2. The highest BCUT2D eigenvalue weighted by atomic mass is 32.2. The molecule has 0 bridgehead atoms. The fraction of sp³-hybridized carbons (Fsp3) is 0.136. The van der Waals surface area contributed by atoms with E-state index in [1.165, 1.54) is 17.3 Å². The van der Waals surface area contributed by atoms with Gasteiger partial charge < -0.3 is 14.3 Å². The number of furan rings is 1. The minimum atomic E-state index is -0.0822. The number of amides is 1. The van der Waals surface area contributed by atoms with E-state index in [-0.39, 0.29) is 11.7 Å². The van der Waals surface area contributed by atoms with Crippen LogP contribution in [0.3, 0.4) is 0 Å². The number of benzene rings is 2. The number of fused-ring (bicyclic) bond motifs is 3. The van der Waals surface area contributed by atoms with E-state index in [0.717, 1.165) is 22.6 Å². The van der Waals surface area contributed by atoms with Crippen LogP contribution in [0.1, 0.15) is 11.3 Å². The number of thioether (sulfide) groups is 1. The largest absolute Gasteiger partial charge is 0.467 e. The second kappa shape index (κ2) is 8.08. The summed E-state index contributed by atoms with van der Waals surface area (Å²) < 4.78 is 9.41. The third kappa shape index (κ3) is 3.57. The number of hydrogen-bond acceptors (Lipinski definition) is 5. The van der Waals surface area contributed by atoms with Crippen molar-refractivity contribution in [3.63, 3.8) is 0 Å². The van der Waals surface area contributed by atoms with E-state index in [1.807, 2.05) is 46.9 Å². The van der Waals surface area contributed by atoms with Crippen LogP contribution in [0.5, 0.6) is 0 Å². The van der Waals surface area contributed by atoms with Crippen LogP contribution in [-0.4, -0.2) is 30.8 Å². The SMILES string of the molecule is O=C(CSc1nnc2n(Cc3ccccc3)c3ccccc3n12)NCc1ccco1. The second-order valence-electron chi connectivity index (χ2n) is 6.82. The van der Waals surface area contributed by atoms with Gasteiger partial charge in [-0.2, -0.15) is 0 Å². The van der Waals surface area contributed by atoms with Gasteiger partial charge in [0.25, 0.3) is 0 Å². The Bertz CT molecular complexity index is 1290. The highest BCUT2D eigenvalue weighted by Crippen LogP contribution is 2.26. The number of carbonyl (C=O) groups excluding carboxylic acids is 1. The first-order valence-corrected chi connectivity index (χ1v) is 10.6. The van der Waals surface area contributed by atoms with E-state index in [2.05, 4.69) is 38.3 Å². The average molecular weight is 417 g/mol. The van der Waals surface area contributed by atoms with Crippen LogP contribution in [0.15, 0.2) is 82.6 Å². The van der Waals surface area contributed by atoms with E-state index in [0.29, 0.717) is 18.2 Å². The minimum absolute atomic E-state index is 0.0822. The van der Waals surface area contributed by atoms with Gasteiger partial charge in [0.05, 0.1) is 36.1 Å². The Morgan fingerprint density at radius 1 is 0.967 bits per heavy atom. The van der Waals surface area contributed by atoms with Gasteiger partial charge in [0.15, 0.2) is 5.16 Å². The zero-order valence-corrected chi connectivity index (χ0v) is 16.9. The lowest BCUT2D eigenvalue weighted by atomic mass is 10.2. The Morgan fingerprint density at radius 2 is 1.77 bits per heavy atom.